The Morgan fingerprint density at radius 1 is 1.19 bits per heavy atom. The molecule has 1 heterocycles. The van der Waals surface area contributed by atoms with E-state index >= 15 is 0 Å². The SMILES string of the molecule is NC(=O)c1cccc(-c2cn(CC(CF)CF)c3cc([N+](=O)[O-])ccc23)c1. The number of non-ortho nitro benzene ring substituents is 1. The maximum absolute atomic E-state index is 13.0. The van der Waals surface area contributed by atoms with Gasteiger partial charge in [0.05, 0.1) is 23.8 Å². The van der Waals surface area contributed by atoms with E-state index in [1.807, 2.05) is 0 Å². The van der Waals surface area contributed by atoms with Crippen LogP contribution in [0.1, 0.15) is 10.4 Å². The van der Waals surface area contributed by atoms with Crippen molar-refractivity contribution in [2.45, 2.75) is 6.54 Å². The number of rotatable bonds is 7. The van der Waals surface area contributed by atoms with Crippen LogP contribution in [0.5, 0.6) is 0 Å². The van der Waals surface area contributed by atoms with E-state index in [0.29, 0.717) is 27.6 Å². The van der Waals surface area contributed by atoms with E-state index in [1.54, 1.807) is 41.1 Å². The quantitative estimate of drug-likeness (QED) is 0.503. The summed E-state index contributed by atoms with van der Waals surface area (Å²) >= 11 is 0. The van der Waals surface area contributed by atoms with Crippen LogP contribution in [0.4, 0.5) is 14.5 Å². The highest BCUT2D eigenvalue weighted by atomic mass is 19.1. The van der Waals surface area contributed by atoms with E-state index in [-0.39, 0.29) is 12.2 Å². The molecule has 6 nitrogen and oxygen atoms in total. The fourth-order valence-corrected chi connectivity index (χ4v) is 3.03. The molecule has 2 N–H and O–H groups in total. The number of fused-ring (bicyclic) bond motifs is 1. The summed E-state index contributed by atoms with van der Waals surface area (Å²) in [6.45, 7) is -1.63. The van der Waals surface area contributed by atoms with Crippen LogP contribution >= 0.6 is 0 Å². The Morgan fingerprint density at radius 2 is 1.93 bits per heavy atom. The minimum absolute atomic E-state index is 0.0418. The summed E-state index contributed by atoms with van der Waals surface area (Å²) in [5.41, 5.74) is 7.41. The number of hydrogen-bond donors (Lipinski definition) is 1. The number of benzene rings is 2. The number of hydrogen-bond acceptors (Lipinski definition) is 3. The van der Waals surface area contributed by atoms with Gasteiger partial charge in [0.15, 0.2) is 0 Å². The summed E-state index contributed by atoms with van der Waals surface area (Å²) < 4.78 is 27.6. The lowest BCUT2D eigenvalue weighted by Gasteiger charge is -2.11. The zero-order chi connectivity index (χ0) is 19.6. The number of amides is 1. The van der Waals surface area contributed by atoms with Gasteiger partial charge in [0.25, 0.3) is 5.69 Å². The number of nitrogens with two attached hydrogens (primary N) is 1. The summed E-state index contributed by atoms with van der Waals surface area (Å²) in [5, 5.41) is 11.8. The molecule has 0 atom stereocenters. The molecule has 0 radical (unpaired) electrons. The van der Waals surface area contributed by atoms with E-state index in [9.17, 15) is 23.7 Å². The molecule has 0 bridgehead atoms. The van der Waals surface area contributed by atoms with Crippen LogP contribution in [-0.2, 0) is 6.54 Å². The predicted molar refractivity (Wildman–Crippen MR) is 98.0 cm³/mol. The minimum Gasteiger partial charge on any atom is -0.366 e. The van der Waals surface area contributed by atoms with Gasteiger partial charge in [-0.3, -0.25) is 23.7 Å². The van der Waals surface area contributed by atoms with Crippen molar-refractivity contribution in [3.8, 4) is 11.1 Å². The Hall–Kier alpha value is -3.29. The van der Waals surface area contributed by atoms with Gasteiger partial charge in [0.1, 0.15) is 0 Å². The Kier molecular flexibility index (Phi) is 5.16. The molecule has 0 saturated carbocycles. The Balaban J connectivity index is 2.19. The van der Waals surface area contributed by atoms with Crippen LogP contribution < -0.4 is 5.73 Å². The molecule has 1 aromatic heterocycles. The zero-order valence-corrected chi connectivity index (χ0v) is 14.3. The second-order valence-corrected chi connectivity index (χ2v) is 6.27. The lowest BCUT2D eigenvalue weighted by atomic mass is 10.0. The van der Waals surface area contributed by atoms with Crippen molar-refractivity contribution in [2.24, 2.45) is 11.7 Å². The van der Waals surface area contributed by atoms with E-state index in [2.05, 4.69) is 0 Å². The second-order valence-electron chi connectivity index (χ2n) is 6.27. The lowest BCUT2D eigenvalue weighted by molar-refractivity contribution is -0.384. The largest absolute Gasteiger partial charge is 0.366 e. The van der Waals surface area contributed by atoms with Crippen molar-refractivity contribution < 1.29 is 18.5 Å². The third kappa shape index (κ3) is 3.64. The molecule has 0 aliphatic carbocycles. The second kappa shape index (κ2) is 7.53. The minimum atomic E-state index is -0.843. The molecule has 1 amide bonds. The maximum atomic E-state index is 13.0. The van der Waals surface area contributed by atoms with E-state index < -0.39 is 30.1 Å². The Bertz CT molecular complexity index is 1010. The van der Waals surface area contributed by atoms with Crippen LogP contribution in [-0.4, -0.2) is 28.7 Å². The van der Waals surface area contributed by atoms with Gasteiger partial charge in [0.2, 0.25) is 5.91 Å². The molecular weight excluding hydrogens is 356 g/mol. The molecule has 2 aromatic carbocycles. The highest BCUT2D eigenvalue weighted by Gasteiger charge is 2.18. The number of nitrogens with zero attached hydrogens (tertiary/aromatic N) is 2. The molecule has 0 saturated heterocycles. The molecule has 140 valence electrons. The molecule has 3 aromatic rings. The summed E-state index contributed by atoms with van der Waals surface area (Å²) in [6, 6.07) is 11.0. The predicted octanol–water partition coefficient (Wildman–Crippen LogP) is 3.87. The first-order chi connectivity index (χ1) is 12.9. The highest BCUT2D eigenvalue weighted by Crippen LogP contribution is 2.33. The average Bonchev–Trinajstić information content (AvgIpc) is 3.03. The number of nitro groups is 1. The van der Waals surface area contributed by atoms with Gasteiger partial charge in [-0.25, -0.2) is 0 Å². The summed E-state index contributed by atoms with van der Waals surface area (Å²) in [7, 11) is 0. The average molecular weight is 373 g/mol. The van der Waals surface area contributed by atoms with Gasteiger partial charge in [-0.05, 0) is 23.8 Å². The van der Waals surface area contributed by atoms with Crippen molar-refractivity contribution in [1.82, 2.24) is 4.57 Å². The molecule has 0 aliphatic heterocycles. The first kappa shape index (κ1) is 18.5. The van der Waals surface area contributed by atoms with Crippen molar-refractivity contribution in [3.63, 3.8) is 0 Å². The fraction of sp³-hybridized carbons (Fsp3) is 0.211. The number of carbonyl (C=O) groups excluding carboxylic acids is 1. The van der Waals surface area contributed by atoms with Crippen LogP contribution in [0.2, 0.25) is 0 Å². The number of carbonyl (C=O) groups is 1. The van der Waals surface area contributed by atoms with Gasteiger partial charge in [-0.15, -0.1) is 0 Å². The van der Waals surface area contributed by atoms with Gasteiger partial charge in [-0.1, -0.05) is 12.1 Å². The topological polar surface area (TPSA) is 91.2 Å². The molecule has 0 fully saturated rings. The summed E-state index contributed by atoms with van der Waals surface area (Å²) in [4.78, 5) is 22.0. The number of halogens is 2. The number of alkyl halides is 2. The van der Waals surface area contributed by atoms with E-state index in [1.165, 1.54) is 12.1 Å². The summed E-state index contributed by atoms with van der Waals surface area (Å²) in [6.07, 6.45) is 1.69. The van der Waals surface area contributed by atoms with Crippen molar-refractivity contribution in [2.75, 3.05) is 13.3 Å². The Morgan fingerprint density at radius 3 is 2.56 bits per heavy atom. The van der Waals surface area contributed by atoms with Crippen molar-refractivity contribution in [3.05, 3.63) is 64.3 Å². The van der Waals surface area contributed by atoms with Crippen molar-refractivity contribution >= 4 is 22.5 Å². The number of nitro benzene ring substituents is 1. The fourth-order valence-electron chi connectivity index (χ4n) is 3.03. The zero-order valence-electron chi connectivity index (χ0n) is 14.3. The molecule has 0 unspecified atom stereocenters. The molecular formula is C19H17F2N3O3. The Labute approximate surface area is 153 Å². The first-order valence-electron chi connectivity index (χ1n) is 8.24. The third-order valence-corrected chi connectivity index (χ3v) is 4.43. The van der Waals surface area contributed by atoms with Crippen LogP contribution in [0.3, 0.4) is 0 Å². The normalized spacial score (nSPS) is 11.2. The molecule has 27 heavy (non-hydrogen) atoms. The maximum Gasteiger partial charge on any atom is 0.271 e. The van der Waals surface area contributed by atoms with Crippen LogP contribution in [0, 0.1) is 16.0 Å². The van der Waals surface area contributed by atoms with Gasteiger partial charge in [-0.2, -0.15) is 0 Å². The summed E-state index contributed by atoms with van der Waals surface area (Å²) in [5.74, 6) is -1.42. The van der Waals surface area contributed by atoms with Gasteiger partial charge < -0.3 is 10.3 Å². The van der Waals surface area contributed by atoms with Crippen LogP contribution in [0.15, 0.2) is 48.7 Å². The van der Waals surface area contributed by atoms with Gasteiger partial charge >= 0.3 is 0 Å². The van der Waals surface area contributed by atoms with Crippen molar-refractivity contribution in [1.29, 1.82) is 0 Å². The third-order valence-electron chi connectivity index (χ3n) is 4.43. The molecule has 3 rings (SSSR count). The number of aromatic nitrogens is 1. The van der Waals surface area contributed by atoms with Crippen LogP contribution in [0.25, 0.3) is 22.0 Å². The highest BCUT2D eigenvalue weighted by molar-refractivity contribution is 5.99. The lowest BCUT2D eigenvalue weighted by Crippen LogP contribution is -2.14. The smallest absolute Gasteiger partial charge is 0.271 e. The number of primary amides is 1. The molecule has 8 heteroatoms. The van der Waals surface area contributed by atoms with Gasteiger partial charge in [0, 0.05) is 47.3 Å². The monoisotopic (exact) mass is 373 g/mol. The van der Waals surface area contributed by atoms with E-state index in [0.717, 1.165) is 0 Å². The standard InChI is InChI=1S/C19H17F2N3O3/c20-8-12(9-21)10-23-11-17(13-2-1-3-14(6-13)19(22)25)16-5-4-15(24(26)27)7-18(16)23/h1-7,11-12H,8-10H2,(H2,22,25). The molecule has 0 aliphatic rings. The first-order valence-corrected chi connectivity index (χ1v) is 8.24. The molecule has 0 spiro atoms. The van der Waals surface area contributed by atoms with E-state index in [4.69, 9.17) is 5.73 Å².